The number of ether oxygens (including phenoxy) is 1. The third kappa shape index (κ3) is 3.86. The number of hydrogen-bond acceptors (Lipinski definition) is 6. The molecule has 2 saturated heterocycles. The third-order valence-corrected chi connectivity index (χ3v) is 9.10. The van der Waals surface area contributed by atoms with E-state index in [0.29, 0.717) is 28.2 Å². The van der Waals surface area contributed by atoms with Gasteiger partial charge in [0.2, 0.25) is 5.91 Å². The van der Waals surface area contributed by atoms with Gasteiger partial charge in [0.15, 0.2) is 0 Å². The van der Waals surface area contributed by atoms with E-state index in [9.17, 15) is 23.2 Å². The smallest absolute Gasteiger partial charge is 0.379 e. The number of anilines is 1. The van der Waals surface area contributed by atoms with Crippen molar-refractivity contribution in [3.63, 3.8) is 0 Å². The molecular formula is C27H30F3N5O2. The molecule has 6 rings (SSSR count). The van der Waals surface area contributed by atoms with E-state index in [-0.39, 0.29) is 25.6 Å². The van der Waals surface area contributed by atoms with Crippen molar-refractivity contribution in [2.45, 2.75) is 50.4 Å². The van der Waals surface area contributed by atoms with Gasteiger partial charge in [0.1, 0.15) is 11.5 Å². The topological polar surface area (TPSA) is 81.5 Å². The number of nitrogens with one attached hydrogen (secondary N) is 1. The van der Waals surface area contributed by atoms with Gasteiger partial charge in [-0.05, 0) is 56.4 Å². The van der Waals surface area contributed by atoms with Crippen molar-refractivity contribution in [3.05, 3.63) is 36.0 Å². The number of carbonyl (C=O) groups excluding carboxylic acids is 1. The highest BCUT2D eigenvalue weighted by molar-refractivity contribution is 5.97. The highest BCUT2D eigenvalue weighted by Gasteiger charge is 2.86. The van der Waals surface area contributed by atoms with Crippen LogP contribution in [0, 0.1) is 22.2 Å². The molecule has 1 amide bonds. The Balaban J connectivity index is 1.20. The second kappa shape index (κ2) is 8.84. The van der Waals surface area contributed by atoms with Crippen molar-refractivity contribution in [2.24, 2.45) is 10.8 Å². The van der Waals surface area contributed by atoms with Crippen molar-refractivity contribution in [1.29, 1.82) is 5.26 Å². The van der Waals surface area contributed by atoms with Crippen molar-refractivity contribution in [1.82, 2.24) is 15.2 Å². The zero-order valence-electron chi connectivity index (χ0n) is 20.6. The molecule has 1 aromatic heterocycles. The fourth-order valence-electron chi connectivity index (χ4n) is 6.97. The monoisotopic (exact) mass is 513 g/mol. The number of benzene rings is 1. The van der Waals surface area contributed by atoms with Gasteiger partial charge in [0, 0.05) is 55.5 Å². The first kappa shape index (κ1) is 24.4. The molecule has 4 aliphatic rings. The molecule has 2 saturated carbocycles. The van der Waals surface area contributed by atoms with Crippen LogP contribution in [0.15, 0.2) is 30.5 Å². The van der Waals surface area contributed by atoms with Crippen LogP contribution in [0.3, 0.4) is 0 Å². The minimum absolute atomic E-state index is 0.00262. The summed E-state index contributed by atoms with van der Waals surface area (Å²) in [4.78, 5) is 21.9. The molecule has 4 fully saturated rings. The Morgan fingerprint density at radius 3 is 2.59 bits per heavy atom. The van der Waals surface area contributed by atoms with Gasteiger partial charge in [-0.1, -0.05) is 0 Å². The Labute approximate surface area is 213 Å². The van der Waals surface area contributed by atoms with Gasteiger partial charge in [-0.3, -0.25) is 14.7 Å². The first-order valence-corrected chi connectivity index (χ1v) is 13.0. The first-order valence-electron chi connectivity index (χ1n) is 13.0. The van der Waals surface area contributed by atoms with E-state index in [4.69, 9.17) is 4.74 Å². The first-order chi connectivity index (χ1) is 17.8. The Kier molecular flexibility index (Phi) is 5.84. The number of fused-ring (bicyclic) bond motifs is 2. The molecule has 0 bridgehead atoms. The molecule has 2 aliphatic heterocycles. The second-order valence-electron chi connectivity index (χ2n) is 11.0. The number of piperidine rings is 1. The van der Waals surface area contributed by atoms with E-state index in [1.54, 1.807) is 35.4 Å². The van der Waals surface area contributed by atoms with Crippen molar-refractivity contribution in [2.75, 3.05) is 44.3 Å². The van der Waals surface area contributed by atoms with Crippen molar-refractivity contribution < 1.29 is 22.7 Å². The number of carbonyl (C=O) groups is 1. The summed E-state index contributed by atoms with van der Waals surface area (Å²) in [6, 6.07) is 9.19. The number of rotatable bonds is 4. The van der Waals surface area contributed by atoms with Crippen LogP contribution in [0.5, 0.6) is 0 Å². The molecule has 0 unspecified atom stereocenters. The average molecular weight is 514 g/mol. The lowest BCUT2D eigenvalue weighted by Gasteiger charge is -2.39. The van der Waals surface area contributed by atoms with E-state index in [0.717, 1.165) is 52.0 Å². The average Bonchev–Trinajstić information content (AvgIpc) is 3.46. The minimum atomic E-state index is -4.49. The molecule has 3 heterocycles. The number of pyridine rings is 1. The number of nitrogens with zero attached hydrogens (tertiary/aromatic N) is 4. The number of halogens is 3. The summed E-state index contributed by atoms with van der Waals surface area (Å²) in [6.45, 7) is 3.02. The zero-order chi connectivity index (χ0) is 25.8. The van der Waals surface area contributed by atoms with Crippen LogP contribution in [0.2, 0.25) is 0 Å². The van der Waals surface area contributed by atoms with Gasteiger partial charge in [-0.2, -0.15) is 18.4 Å². The van der Waals surface area contributed by atoms with Crippen LogP contribution in [-0.4, -0.2) is 73.4 Å². The van der Waals surface area contributed by atoms with Gasteiger partial charge in [0.05, 0.1) is 29.7 Å². The molecule has 2 aliphatic carbocycles. The summed E-state index contributed by atoms with van der Waals surface area (Å²) >= 11 is 0. The summed E-state index contributed by atoms with van der Waals surface area (Å²) in [6.07, 6.45) is 0.304. The van der Waals surface area contributed by atoms with Crippen LogP contribution >= 0.6 is 0 Å². The van der Waals surface area contributed by atoms with Crippen LogP contribution in [0.25, 0.3) is 10.9 Å². The van der Waals surface area contributed by atoms with E-state index < -0.39 is 22.9 Å². The molecular weight excluding hydrogens is 483 g/mol. The maximum Gasteiger partial charge on any atom is 0.397 e. The number of amides is 1. The molecule has 1 aromatic carbocycles. The molecule has 37 heavy (non-hydrogen) atoms. The van der Waals surface area contributed by atoms with Crippen LogP contribution in [0.4, 0.5) is 18.9 Å². The molecule has 196 valence electrons. The van der Waals surface area contributed by atoms with Gasteiger partial charge in [-0.25, -0.2) is 0 Å². The molecule has 1 N–H and O–H groups in total. The van der Waals surface area contributed by atoms with Crippen molar-refractivity contribution in [3.8, 4) is 6.07 Å². The normalized spacial score (nSPS) is 32.1. The highest BCUT2D eigenvalue weighted by atomic mass is 19.4. The summed E-state index contributed by atoms with van der Waals surface area (Å²) in [5.41, 5.74) is -2.14. The second-order valence-corrected chi connectivity index (χ2v) is 11.0. The standard InChI is InChI=1S/C27H30F3N5O2/c28-27(29,30)26-15-25(26,24(36)33-19-4-6-20(7-5-19)34-10-12-37-13-11-34)16-35(17-26)22-8-3-18(14-31)23-21(22)2-1-9-32-23/h1-3,8-9,19-20H,4-7,10-13,15-17H2,(H,33,36)/t19?,20?,25-,26-/m1/s1. The summed E-state index contributed by atoms with van der Waals surface area (Å²) in [7, 11) is 0. The number of aromatic nitrogens is 1. The Morgan fingerprint density at radius 2 is 1.89 bits per heavy atom. The molecule has 10 heteroatoms. The SMILES string of the molecule is N#Cc1ccc(N2C[C@@]3(C(=O)NC4CCC(N5CCOCC5)CC4)C[C@@]3(C(F)(F)F)C2)c2cccnc12. The largest absolute Gasteiger partial charge is 0.397 e. The van der Waals surface area contributed by atoms with E-state index in [1.165, 1.54) is 0 Å². The molecule has 0 spiro atoms. The van der Waals surface area contributed by atoms with Crippen LogP contribution < -0.4 is 10.2 Å². The Morgan fingerprint density at radius 1 is 1.14 bits per heavy atom. The number of nitriles is 1. The zero-order valence-corrected chi connectivity index (χ0v) is 20.6. The fraction of sp³-hybridized carbons (Fsp3) is 0.593. The number of hydrogen-bond donors (Lipinski definition) is 1. The van der Waals surface area contributed by atoms with Crippen LogP contribution in [0.1, 0.15) is 37.7 Å². The number of alkyl halides is 3. The van der Waals surface area contributed by atoms with E-state index in [1.807, 2.05) is 0 Å². The van der Waals surface area contributed by atoms with Crippen molar-refractivity contribution >= 4 is 22.5 Å². The predicted octanol–water partition coefficient (Wildman–Crippen LogP) is 3.62. The highest BCUT2D eigenvalue weighted by Crippen LogP contribution is 2.75. The predicted molar refractivity (Wildman–Crippen MR) is 131 cm³/mol. The van der Waals surface area contributed by atoms with Crippen LogP contribution in [-0.2, 0) is 9.53 Å². The lowest BCUT2D eigenvalue weighted by Crippen LogP contribution is -2.49. The quantitative estimate of drug-likeness (QED) is 0.673. The van der Waals surface area contributed by atoms with E-state index >= 15 is 0 Å². The minimum Gasteiger partial charge on any atom is -0.379 e. The maximum absolute atomic E-state index is 14.5. The van der Waals surface area contributed by atoms with Gasteiger partial charge < -0.3 is 15.0 Å². The fourth-order valence-corrected chi connectivity index (χ4v) is 6.97. The summed E-state index contributed by atoms with van der Waals surface area (Å²) in [5.74, 6) is -0.474. The molecule has 7 nitrogen and oxygen atoms in total. The molecule has 2 atom stereocenters. The van der Waals surface area contributed by atoms with Gasteiger partial charge in [-0.15, -0.1) is 0 Å². The Hall–Kier alpha value is -2.90. The molecule has 0 radical (unpaired) electrons. The third-order valence-electron chi connectivity index (χ3n) is 9.10. The lowest BCUT2D eigenvalue weighted by atomic mass is 9.88. The lowest BCUT2D eigenvalue weighted by molar-refractivity contribution is -0.191. The van der Waals surface area contributed by atoms with Gasteiger partial charge in [0.25, 0.3) is 0 Å². The summed E-state index contributed by atoms with van der Waals surface area (Å²) in [5, 5.41) is 13.1. The van der Waals surface area contributed by atoms with Gasteiger partial charge >= 0.3 is 6.18 Å². The maximum atomic E-state index is 14.5. The van der Waals surface area contributed by atoms with E-state index in [2.05, 4.69) is 21.3 Å². The summed E-state index contributed by atoms with van der Waals surface area (Å²) < 4.78 is 48.9. The Bertz CT molecular complexity index is 1250. The molecule has 2 aromatic rings. The number of morpholine rings is 1.